The summed E-state index contributed by atoms with van der Waals surface area (Å²) < 4.78 is 6.19. The van der Waals surface area contributed by atoms with Gasteiger partial charge in [0, 0.05) is 10.0 Å². The van der Waals surface area contributed by atoms with Gasteiger partial charge >= 0.3 is 0 Å². The summed E-state index contributed by atoms with van der Waals surface area (Å²) in [5.41, 5.74) is 1.87. The largest absolute Gasteiger partial charge is 0.496 e. The number of benzene rings is 1. The molecule has 0 amide bonds. The van der Waals surface area contributed by atoms with Crippen LogP contribution in [0.25, 0.3) is 6.08 Å². The van der Waals surface area contributed by atoms with E-state index in [-0.39, 0.29) is 6.61 Å². The number of hydrogen-bond acceptors (Lipinski definition) is 2. The molecule has 0 unspecified atom stereocenters. The number of rotatable bonds is 3. The van der Waals surface area contributed by atoms with Gasteiger partial charge in [0.15, 0.2) is 0 Å². The number of halogens is 1. The minimum atomic E-state index is 0.0651. The predicted molar refractivity (Wildman–Crippen MR) is 61.4 cm³/mol. The fraction of sp³-hybridized carbons (Fsp3) is 0.273. The fourth-order valence-corrected chi connectivity index (χ4v) is 1.51. The van der Waals surface area contributed by atoms with Crippen LogP contribution in [0.4, 0.5) is 0 Å². The molecule has 0 radical (unpaired) electrons. The zero-order valence-electron chi connectivity index (χ0n) is 8.25. The average Bonchev–Trinajstić information content (AvgIpc) is 2.18. The third kappa shape index (κ3) is 2.86. The van der Waals surface area contributed by atoms with Gasteiger partial charge in [-0.15, -0.1) is 0 Å². The summed E-state index contributed by atoms with van der Waals surface area (Å²) in [6.45, 7) is 1.94. The zero-order chi connectivity index (χ0) is 10.6. The summed E-state index contributed by atoms with van der Waals surface area (Å²) in [7, 11) is 1.63. The van der Waals surface area contributed by atoms with Gasteiger partial charge in [-0.1, -0.05) is 22.0 Å². The third-order valence-electron chi connectivity index (χ3n) is 1.84. The molecule has 14 heavy (non-hydrogen) atoms. The first-order valence-corrected chi connectivity index (χ1v) is 5.08. The molecule has 0 aliphatic carbocycles. The summed E-state index contributed by atoms with van der Waals surface area (Å²) in [5.74, 6) is 0.806. The van der Waals surface area contributed by atoms with E-state index in [1.165, 1.54) is 0 Å². The van der Waals surface area contributed by atoms with Crippen LogP contribution in [0.5, 0.6) is 5.75 Å². The number of methoxy groups -OCH3 is 1. The van der Waals surface area contributed by atoms with E-state index in [1.807, 2.05) is 31.2 Å². The van der Waals surface area contributed by atoms with Crippen LogP contribution < -0.4 is 4.74 Å². The van der Waals surface area contributed by atoms with Crippen molar-refractivity contribution in [3.8, 4) is 5.75 Å². The molecule has 1 rings (SSSR count). The first kappa shape index (κ1) is 11.3. The molecule has 0 bridgehead atoms. The van der Waals surface area contributed by atoms with E-state index in [1.54, 1.807) is 7.11 Å². The normalized spacial score (nSPS) is 11.6. The van der Waals surface area contributed by atoms with E-state index in [9.17, 15) is 0 Å². The predicted octanol–water partition coefficient (Wildman–Crippen LogP) is 2.85. The van der Waals surface area contributed by atoms with Crippen molar-refractivity contribution < 1.29 is 9.84 Å². The molecule has 76 valence electrons. The summed E-state index contributed by atoms with van der Waals surface area (Å²) in [6.07, 6.45) is 1.91. The van der Waals surface area contributed by atoms with E-state index in [0.29, 0.717) is 0 Å². The maximum atomic E-state index is 8.91. The molecule has 2 nitrogen and oxygen atoms in total. The van der Waals surface area contributed by atoms with Crippen LogP contribution in [0.3, 0.4) is 0 Å². The lowest BCUT2D eigenvalue weighted by atomic mass is 10.1. The molecule has 1 N–H and O–H groups in total. The first-order chi connectivity index (χ1) is 6.67. The minimum Gasteiger partial charge on any atom is -0.496 e. The molecule has 0 aromatic heterocycles. The Labute approximate surface area is 92.3 Å². The Morgan fingerprint density at radius 3 is 2.86 bits per heavy atom. The molecule has 0 atom stereocenters. The van der Waals surface area contributed by atoms with Crippen LogP contribution in [0.1, 0.15) is 12.5 Å². The fourth-order valence-electron chi connectivity index (χ4n) is 1.13. The second kappa shape index (κ2) is 5.17. The standard InChI is InChI=1S/C11H13BrO2/c1-8(7-13)5-9-6-10(12)3-4-11(9)14-2/h3-6,13H,7H2,1-2H3. The lowest BCUT2D eigenvalue weighted by Gasteiger charge is -2.05. The maximum Gasteiger partial charge on any atom is 0.126 e. The van der Waals surface area contributed by atoms with Crippen LogP contribution in [0.2, 0.25) is 0 Å². The highest BCUT2D eigenvalue weighted by molar-refractivity contribution is 9.10. The van der Waals surface area contributed by atoms with Crippen LogP contribution in [0, 0.1) is 0 Å². The summed E-state index contributed by atoms with van der Waals surface area (Å²) >= 11 is 3.39. The van der Waals surface area contributed by atoms with Gasteiger partial charge in [0.1, 0.15) is 5.75 Å². The summed E-state index contributed by atoms with van der Waals surface area (Å²) in [4.78, 5) is 0. The zero-order valence-corrected chi connectivity index (χ0v) is 9.84. The highest BCUT2D eigenvalue weighted by Gasteiger charge is 2.00. The topological polar surface area (TPSA) is 29.5 Å². The van der Waals surface area contributed by atoms with Crippen LogP contribution in [0.15, 0.2) is 28.2 Å². The van der Waals surface area contributed by atoms with Gasteiger partial charge < -0.3 is 9.84 Å². The van der Waals surface area contributed by atoms with Gasteiger partial charge in [-0.2, -0.15) is 0 Å². The van der Waals surface area contributed by atoms with Gasteiger partial charge in [0.25, 0.3) is 0 Å². The SMILES string of the molecule is COc1ccc(Br)cc1C=C(C)CO. The Balaban J connectivity index is 3.11. The second-order valence-corrected chi connectivity index (χ2v) is 3.95. The van der Waals surface area contributed by atoms with Crippen molar-refractivity contribution in [3.05, 3.63) is 33.8 Å². The van der Waals surface area contributed by atoms with Crippen molar-refractivity contribution >= 4 is 22.0 Å². The molecule has 1 aromatic carbocycles. The quantitative estimate of drug-likeness (QED) is 0.902. The Morgan fingerprint density at radius 2 is 2.29 bits per heavy atom. The van der Waals surface area contributed by atoms with Crippen LogP contribution in [-0.2, 0) is 0 Å². The molecule has 0 heterocycles. The molecular formula is C11H13BrO2. The van der Waals surface area contributed by atoms with Gasteiger partial charge in [-0.3, -0.25) is 0 Å². The Morgan fingerprint density at radius 1 is 1.57 bits per heavy atom. The molecule has 0 saturated carbocycles. The van der Waals surface area contributed by atoms with E-state index >= 15 is 0 Å². The lowest BCUT2D eigenvalue weighted by Crippen LogP contribution is -1.89. The van der Waals surface area contributed by atoms with Crippen LogP contribution in [-0.4, -0.2) is 18.8 Å². The van der Waals surface area contributed by atoms with Crippen molar-refractivity contribution in [1.82, 2.24) is 0 Å². The van der Waals surface area contributed by atoms with E-state index in [2.05, 4.69) is 15.9 Å². The monoisotopic (exact) mass is 256 g/mol. The Bertz CT molecular complexity index is 345. The highest BCUT2D eigenvalue weighted by atomic mass is 79.9. The van der Waals surface area contributed by atoms with Crippen molar-refractivity contribution in [3.63, 3.8) is 0 Å². The molecule has 1 aromatic rings. The van der Waals surface area contributed by atoms with E-state index in [4.69, 9.17) is 9.84 Å². The number of aliphatic hydroxyl groups excluding tert-OH is 1. The minimum absolute atomic E-state index is 0.0651. The molecule has 0 aliphatic rings. The second-order valence-electron chi connectivity index (χ2n) is 3.04. The number of hydrogen-bond donors (Lipinski definition) is 1. The Kier molecular flexibility index (Phi) is 4.17. The third-order valence-corrected chi connectivity index (χ3v) is 2.34. The number of aliphatic hydroxyl groups is 1. The smallest absolute Gasteiger partial charge is 0.126 e. The highest BCUT2D eigenvalue weighted by Crippen LogP contribution is 2.24. The van der Waals surface area contributed by atoms with Crippen molar-refractivity contribution in [1.29, 1.82) is 0 Å². The van der Waals surface area contributed by atoms with Crippen molar-refractivity contribution in [2.45, 2.75) is 6.92 Å². The summed E-state index contributed by atoms with van der Waals surface area (Å²) in [6, 6.07) is 5.77. The van der Waals surface area contributed by atoms with E-state index in [0.717, 1.165) is 21.4 Å². The molecule has 0 spiro atoms. The van der Waals surface area contributed by atoms with Gasteiger partial charge in [0.05, 0.1) is 13.7 Å². The van der Waals surface area contributed by atoms with Crippen molar-refractivity contribution in [2.75, 3.05) is 13.7 Å². The molecular weight excluding hydrogens is 244 g/mol. The average molecular weight is 257 g/mol. The summed E-state index contributed by atoms with van der Waals surface area (Å²) in [5, 5.41) is 8.91. The molecule has 0 fully saturated rings. The van der Waals surface area contributed by atoms with Gasteiger partial charge in [-0.05, 0) is 30.7 Å². The molecule has 3 heteroatoms. The van der Waals surface area contributed by atoms with Gasteiger partial charge in [0.2, 0.25) is 0 Å². The maximum absolute atomic E-state index is 8.91. The van der Waals surface area contributed by atoms with Gasteiger partial charge in [-0.25, -0.2) is 0 Å². The Hall–Kier alpha value is -0.800. The first-order valence-electron chi connectivity index (χ1n) is 4.29. The number of ether oxygens (including phenoxy) is 1. The van der Waals surface area contributed by atoms with Crippen LogP contribution >= 0.6 is 15.9 Å². The van der Waals surface area contributed by atoms with E-state index < -0.39 is 0 Å². The lowest BCUT2D eigenvalue weighted by molar-refractivity contribution is 0.332. The van der Waals surface area contributed by atoms with Crippen molar-refractivity contribution in [2.24, 2.45) is 0 Å². The molecule has 0 saturated heterocycles. The molecule has 0 aliphatic heterocycles.